The highest BCUT2D eigenvalue weighted by atomic mass is 16.6. The molecule has 32 heavy (non-hydrogen) atoms. The number of ether oxygens (including phenoxy) is 1. The Kier molecular flexibility index (Phi) is 4.07. The summed E-state index contributed by atoms with van der Waals surface area (Å²) in [6.45, 7) is 6.20. The van der Waals surface area contributed by atoms with Crippen molar-refractivity contribution >= 4 is 23.5 Å². The molecule has 0 saturated heterocycles. The summed E-state index contributed by atoms with van der Waals surface area (Å²) in [6.07, 6.45) is 9.28. The molecule has 4 aliphatic rings. The van der Waals surface area contributed by atoms with Crippen LogP contribution in [0.5, 0.6) is 0 Å². The molecule has 7 nitrogen and oxygen atoms in total. The van der Waals surface area contributed by atoms with Gasteiger partial charge in [0.05, 0.1) is 6.20 Å². The predicted octanol–water partition coefficient (Wildman–Crippen LogP) is 4.63. The molecule has 0 radical (unpaired) electrons. The van der Waals surface area contributed by atoms with Crippen molar-refractivity contribution in [3.8, 4) is 0 Å². The highest BCUT2D eigenvalue weighted by Crippen LogP contribution is 2.78. The van der Waals surface area contributed by atoms with Gasteiger partial charge >= 0.3 is 6.09 Å². The van der Waals surface area contributed by atoms with Crippen LogP contribution in [0, 0.1) is 28.6 Å². The lowest BCUT2D eigenvalue weighted by molar-refractivity contribution is -0.00254. The fourth-order valence-electron chi connectivity index (χ4n) is 7.77. The van der Waals surface area contributed by atoms with E-state index in [1.165, 1.54) is 38.5 Å². The number of fused-ring (bicyclic) bond motifs is 3. The van der Waals surface area contributed by atoms with E-state index in [9.17, 15) is 9.59 Å². The van der Waals surface area contributed by atoms with Crippen molar-refractivity contribution in [3.63, 3.8) is 0 Å². The number of anilines is 1. The Labute approximate surface area is 188 Å². The van der Waals surface area contributed by atoms with Crippen LogP contribution in [0.3, 0.4) is 0 Å². The molecule has 3 bridgehead atoms. The van der Waals surface area contributed by atoms with Crippen LogP contribution >= 0.6 is 0 Å². The second-order valence-electron chi connectivity index (χ2n) is 11.8. The molecular formula is C25H32N4O3. The fraction of sp³-hybridized carbons (Fsp3) is 0.640. The minimum absolute atomic E-state index is 0.0857. The SMILES string of the molecule is CC(C)(C)OC(=O)Nc1cn2c(C(=O)NCC34CC5CC6CC(C3)C6(C5)C4)cccc2n1. The van der Waals surface area contributed by atoms with Gasteiger partial charge in [0.1, 0.15) is 16.9 Å². The maximum Gasteiger partial charge on any atom is 0.413 e. The Morgan fingerprint density at radius 3 is 2.84 bits per heavy atom. The number of nitrogens with zero attached hydrogens (tertiary/aromatic N) is 2. The average Bonchev–Trinajstić information content (AvgIpc) is 3.24. The standard InChI is InChI=1S/C25H32N4O3/c1-23(2,3)32-22(31)28-19-12-29-18(5-4-6-20(29)27-19)21(30)26-14-24-9-15-7-16-8-17(11-24)25(16,10-15)13-24/h4-6,12,15-17H,7-11,13-14H2,1-3H3,(H,26,30)(H,28,31). The van der Waals surface area contributed by atoms with Crippen LogP contribution in [0.4, 0.5) is 10.6 Å². The third-order valence-corrected chi connectivity index (χ3v) is 8.56. The van der Waals surface area contributed by atoms with E-state index >= 15 is 0 Å². The lowest BCUT2D eigenvalue weighted by Crippen LogP contribution is -2.43. The largest absolute Gasteiger partial charge is 0.444 e. The Hall–Kier alpha value is -2.57. The van der Waals surface area contributed by atoms with Gasteiger partial charge in [0.15, 0.2) is 5.82 Å². The van der Waals surface area contributed by atoms with Gasteiger partial charge in [-0.05, 0) is 100 Å². The highest BCUT2D eigenvalue weighted by Gasteiger charge is 2.70. The van der Waals surface area contributed by atoms with Gasteiger partial charge in [0, 0.05) is 6.54 Å². The third kappa shape index (κ3) is 3.04. The van der Waals surface area contributed by atoms with Gasteiger partial charge in [-0.1, -0.05) is 6.07 Å². The van der Waals surface area contributed by atoms with E-state index in [2.05, 4.69) is 15.6 Å². The average molecular weight is 437 g/mol. The van der Waals surface area contributed by atoms with E-state index in [0.717, 1.165) is 24.3 Å². The quantitative estimate of drug-likeness (QED) is 0.732. The third-order valence-electron chi connectivity index (χ3n) is 8.56. The van der Waals surface area contributed by atoms with Crippen LogP contribution in [0.1, 0.15) is 69.8 Å². The number of nitrogens with one attached hydrogen (secondary N) is 2. The van der Waals surface area contributed by atoms with Gasteiger partial charge in [-0.3, -0.25) is 14.5 Å². The molecule has 0 aromatic carbocycles. The lowest BCUT2D eigenvalue weighted by atomic mass is 9.55. The van der Waals surface area contributed by atoms with Crippen molar-refractivity contribution in [3.05, 3.63) is 30.1 Å². The van der Waals surface area contributed by atoms with Crippen molar-refractivity contribution in [1.82, 2.24) is 14.7 Å². The van der Waals surface area contributed by atoms with Crippen molar-refractivity contribution in [2.24, 2.45) is 28.6 Å². The lowest BCUT2D eigenvalue weighted by Gasteiger charge is -2.49. The normalized spacial score (nSPS) is 34.3. The Bertz CT molecular complexity index is 1110. The van der Waals surface area contributed by atoms with Crippen LogP contribution < -0.4 is 10.6 Å². The minimum Gasteiger partial charge on any atom is -0.444 e. The second-order valence-corrected chi connectivity index (χ2v) is 11.8. The number of carbonyl (C=O) groups is 2. The summed E-state index contributed by atoms with van der Waals surface area (Å²) in [4.78, 5) is 29.7. The van der Waals surface area contributed by atoms with Gasteiger partial charge < -0.3 is 10.1 Å². The number of hydrogen-bond acceptors (Lipinski definition) is 4. The zero-order valence-corrected chi connectivity index (χ0v) is 19.1. The molecule has 2 aromatic rings. The maximum atomic E-state index is 13.2. The van der Waals surface area contributed by atoms with Crippen LogP contribution in [0.15, 0.2) is 24.4 Å². The number of amides is 2. The Morgan fingerprint density at radius 1 is 1.19 bits per heavy atom. The smallest absolute Gasteiger partial charge is 0.413 e. The molecule has 2 amide bonds. The number of hydrogen-bond donors (Lipinski definition) is 2. The van der Waals surface area contributed by atoms with Crippen LogP contribution in [-0.4, -0.2) is 33.5 Å². The zero-order valence-electron chi connectivity index (χ0n) is 19.1. The summed E-state index contributed by atoms with van der Waals surface area (Å²) in [5.41, 5.74) is 1.46. The number of aromatic nitrogens is 2. The van der Waals surface area contributed by atoms with Crippen molar-refractivity contribution in [2.75, 3.05) is 11.9 Å². The monoisotopic (exact) mass is 436 g/mol. The first-order chi connectivity index (χ1) is 15.1. The summed E-state index contributed by atoms with van der Waals surface area (Å²) < 4.78 is 7.04. The second kappa shape index (κ2) is 6.49. The molecule has 4 saturated carbocycles. The van der Waals surface area contributed by atoms with E-state index in [1.807, 2.05) is 32.9 Å². The van der Waals surface area contributed by atoms with Gasteiger partial charge in [-0.25, -0.2) is 9.78 Å². The van der Waals surface area contributed by atoms with Crippen molar-refractivity contribution in [1.29, 1.82) is 0 Å². The molecule has 1 spiro atoms. The highest BCUT2D eigenvalue weighted by molar-refractivity contribution is 5.93. The molecule has 2 N–H and O–H groups in total. The van der Waals surface area contributed by atoms with Crippen LogP contribution in [0.2, 0.25) is 0 Å². The van der Waals surface area contributed by atoms with E-state index in [0.29, 0.717) is 28.0 Å². The Balaban J connectivity index is 1.17. The zero-order chi connectivity index (χ0) is 22.3. The minimum atomic E-state index is -0.592. The topological polar surface area (TPSA) is 84.7 Å². The molecule has 6 rings (SSSR count). The molecule has 170 valence electrons. The van der Waals surface area contributed by atoms with Gasteiger partial charge in [0.25, 0.3) is 5.91 Å². The molecule has 5 unspecified atom stereocenters. The van der Waals surface area contributed by atoms with Crippen molar-refractivity contribution < 1.29 is 14.3 Å². The van der Waals surface area contributed by atoms with Crippen LogP contribution in [0.25, 0.3) is 5.65 Å². The maximum absolute atomic E-state index is 13.2. The molecule has 7 heteroatoms. The number of carbonyl (C=O) groups excluding carboxylic acids is 2. The van der Waals surface area contributed by atoms with E-state index in [4.69, 9.17) is 4.74 Å². The van der Waals surface area contributed by atoms with Crippen LogP contribution in [-0.2, 0) is 4.74 Å². The first-order valence-electron chi connectivity index (χ1n) is 11.9. The molecule has 0 aliphatic heterocycles. The van der Waals surface area contributed by atoms with E-state index < -0.39 is 11.7 Å². The molecule has 5 atom stereocenters. The van der Waals surface area contributed by atoms with E-state index in [-0.39, 0.29) is 5.91 Å². The van der Waals surface area contributed by atoms with Gasteiger partial charge in [-0.2, -0.15) is 0 Å². The first kappa shape index (κ1) is 20.1. The van der Waals surface area contributed by atoms with Gasteiger partial charge in [-0.15, -0.1) is 0 Å². The number of rotatable bonds is 4. The fourth-order valence-corrected chi connectivity index (χ4v) is 7.77. The number of imidazole rings is 1. The predicted molar refractivity (Wildman–Crippen MR) is 120 cm³/mol. The summed E-state index contributed by atoms with van der Waals surface area (Å²) in [7, 11) is 0. The number of pyridine rings is 1. The molecule has 2 aromatic heterocycles. The van der Waals surface area contributed by atoms with E-state index in [1.54, 1.807) is 16.7 Å². The molecular weight excluding hydrogens is 404 g/mol. The Morgan fingerprint density at radius 2 is 2.03 bits per heavy atom. The summed E-state index contributed by atoms with van der Waals surface area (Å²) in [6, 6.07) is 5.45. The first-order valence-corrected chi connectivity index (χ1v) is 11.9. The molecule has 4 fully saturated rings. The van der Waals surface area contributed by atoms with Gasteiger partial charge in [0.2, 0.25) is 0 Å². The van der Waals surface area contributed by atoms with Crippen molar-refractivity contribution in [2.45, 2.75) is 64.9 Å². The summed E-state index contributed by atoms with van der Waals surface area (Å²) in [5.74, 6) is 3.01. The summed E-state index contributed by atoms with van der Waals surface area (Å²) >= 11 is 0. The molecule has 4 aliphatic carbocycles. The molecule has 2 heterocycles. The summed E-state index contributed by atoms with van der Waals surface area (Å²) in [5, 5.41) is 5.92.